The second-order valence-electron chi connectivity index (χ2n) is 7.02. The number of carbonyl (C=O) groups excluding carboxylic acids is 1. The number of carbonyl (C=O) groups is 1. The second-order valence-corrected chi connectivity index (χ2v) is 7.02. The Morgan fingerprint density at radius 1 is 1.15 bits per heavy atom. The fourth-order valence-corrected chi connectivity index (χ4v) is 3.59. The largest absolute Gasteiger partial charge is 0.454 e. The number of Topliss-reactive ketones (excluding diaryl/α,β-unsaturated/α-hetero) is 1. The maximum Gasteiger partial charge on any atom is 0.231 e. The summed E-state index contributed by atoms with van der Waals surface area (Å²) in [5.41, 5.74) is 1.23. The van der Waals surface area contributed by atoms with Crippen molar-refractivity contribution in [3.8, 4) is 11.5 Å². The van der Waals surface area contributed by atoms with Crippen LogP contribution in [0.5, 0.6) is 11.5 Å². The van der Waals surface area contributed by atoms with Crippen LogP contribution in [-0.4, -0.2) is 53.6 Å². The maximum absolute atomic E-state index is 11.3. The summed E-state index contributed by atoms with van der Waals surface area (Å²) >= 11 is 0. The number of fused-ring (bicyclic) bond motifs is 1. The minimum absolute atomic E-state index is 0.0783. The third kappa shape index (κ3) is 3.88. The minimum Gasteiger partial charge on any atom is -0.454 e. The molecule has 3 heterocycles. The molecule has 2 aliphatic heterocycles. The summed E-state index contributed by atoms with van der Waals surface area (Å²) in [7, 11) is 0. The molecule has 0 radical (unpaired) electrons. The van der Waals surface area contributed by atoms with Gasteiger partial charge in [-0.1, -0.05) is 6.07 Å². The molecular weight excluding hydrogens is 344 g/mol. The van der Waals surface area contributed by atoms with E-state index in [-0.39, 0.29) is 12.2 Å². The lowest BCUT2D eigenvalue weighted by Crippen LogP contribution is -2.47. The Morgan fingerprint density at radius 2 is 1.93 bits per heavy atom. The number of aromatic nitrogens is 2. The van der Waals surface area contributed by atoms with Crippen LogP contribution in [0.1, 0.15) is 31.3 Å². The summed E-state index contributed by atoms with van der Waals surface area (Å²) in [5, 5.41) is 0. The molecule has 27 heavy (non-hydrogen) atoms. The number of piperazine rings is 1. The van der Waals surface area contributed by atoms with E-state index in [1.807, 2.05) is 12.1 Å². The molecule has 1 saturated heterocycles. The van der Waals surface area contributed by atoms with Crippen molar-refractivity contribution in [1.82, 2.24) is 14.9 Å². The Bertz CT molecular complexity index is 834. The molecule has 7 nitrogen and oxygen atoms in total. The first-order valence-electron chi connectivity index (χ1n) is 9.30. The van der Waals surface area contributed by atoms with Gasteiger partial charge in [-0.2, -0.15) is 0 Å². The third-order valence-corrected chi connectivity index (χ3v) is 5.16. The molecule has 1 unspecified atom stereocenters. The van der Waals surface area contributed by atoms with Gasteiger partial charge in [0.2, 0.25) is 6.79 Å². The van der Waals surface area contributed by atoms with E-state index in [4.69, 9.17) is 9.47 Å². The smallest absolute Gasteiger partial charge is 0.231 e. The predicted octanol–water partition coefficient (Wildman–Crippen LogP) is 2.22. The zero-order chi connectivity index (χ0) is 18.8. The van der Waals surface area contributed by atoms with Gasteiger partial charge in [0.05, 0.1) is 6.42 Å². The van der Waals surface area contributed by atoms with Gasteiger partial charge in [0, 0.05) is 38.4 Å². The topological polar surface area (TPSA) is 67.8 Å². The number of ketones is 1. The van der Waals surface area contributed by atoms with Gasteiger partial charge in [-0.25, -0.2) is 9.97 Å². The van der Waals surface area contributed by atoms with E-state index in [1.165, 1.54) is 5.56 Å². The monoisotopic (exact) mass is 368 g/mol. The highest BCUT2D eigenvalue weighted by atomic mass is 16.7. The van der Waals surface area contributed by atoms with Gasteiger partial charge in [-0.3, -0.25) is 9.69 Å². The van der Waals surface area contributed by atoms with Gasteiger partial charge in [0.15, 0.2) is 11.5 Å². The van der Waals surface area contributed by atoms with Crippen molar-refractivity contribution in [3.63, 3.8) is 0 Å². The molecule has 0 amide bonds. The average Bonchev–Trinajstić information content (AvgIpc) is 3.15. The molecule has 0 aliphatic carbocycles. The normalized spacial score (nSPS) is 17.8. The number of nitrogens with zero attached hydrogens (tertiary/aromatic N) is 4. The Kier molecular flexibility index (Phi) is 4.94. The van der Waals surface area contributed by atoms with Gasteiger partial charge in [0.1, 0.15) is 17.4 Å². The van der Waals surface area contributed by atoms with Crippen LogP contribution >= 0.6 is 0 Å². The van der Waals surface area contributed by atoms with Crippen molar-refractivity contribution >= 4 is 11.6 Å². The van der Waals surface area contributed by atoms with Crippen LogP contribution in [0, 0.1) is 0 Å². The quantitative estimate of drug-likeness (QED) is 0.801. The summed E-state index contributed by atoms with van der Waals surface area (Å²) in [4.78, 5) is 24.8. The number of benzene rings is 1. The first-order valence-corrected chi connectivity index (χ1v) is 9.30. The maximum atomic E-state index is 11.3. The molecule has 0 N–H and O–H groups in total. The van der Waals surface area contributed by atoms with Gasteiger partial charge in [0.25, 0.3) is 0 Å². The highest BCUT2D eigenvalue weighted by Crippen LogP contribution is 2.35. The van der Waals surface area contributed by atoms with E-state index in [1.54, 1.807) is 13.1 Å². The van der Waals surface area contributed by atoms with E-state index in [0.29, 0.717) is 18.7 Å². The lowest BCUT2D eigenvalue weighted by Gasteiger charge is -2.38. The van der Waals surface area contributed by atoms with Gasteiger partial charge >= 0.3 is 0 Å². The number of rotatable bonds is 5. The van der Waals surface area contributed by atoms with Crippen LogP contribution in [-0.2, 0) is 11.2 Å². The Morgan fingerprint density at radius 3 is 2.70 bits per heavy atom. The third-order valence-electron chi connectivity index (χ3n) is 5.16. The lowest BCUT2D eigenvalue weighted by molar-refractivity contribution is -0.116. The second kappa shape index (κ2) is 7.52. The molecule has 1 atom stereocenters. The number of hydrogen-bond acceptors (Lipinski definition) is 7. The first kappa shape index (κ1) is 17.7. The molecule has 4 rings (SSSR count). The molecule has 1 aromatic carbocycles. The van der Waals surface area contributed by atoms with Crippen LogP contribution in [0.15, 0.2) is 30.5 Å². The van der Waals surface area contributed by atoms with Gasteiger partial charge < -0.3 is 14.4 Å². The lowest BCUT2D eigenvalue weighted by atomic mass is 10.1. The van der Waals surface area contributed by atoms with E-state index in [2.05, 4.69) is 38.8 Å². The fourth-order valence-electron chi connectivity index (χ4n) is 3.59. The van der Waals surface area contributed by atoms with Crippen molar-refractivity contribution < 1.29 is 14.3 Å². The molecule has 2 aromatic rings. The summed E-state index contributed by atoms with van der Waals surface area (Å²) in [6, 6.07) is 8.41. The standard InChI is InChI=1S/C20H24N4O3/c1-14(25)11-19-21-6-5-20(22-19)24-9-7-23(8-10-24)15(2)16-3-4-17-18(12-16)27-13-26-17/h3-6,12,15H,7-11,13H2,1-2H3. The van der Waals surface area contributed by atoms with E-state index >= 15 is 0 Å². The van der Waals surface area contributed by atoms with Gasteiger partial charge in [-0.05, 0) is 37.6 Å². The van der Waals surface area contributed by atoms with Crippen molar-refractivity contribution in [2.45, 2.75) is 26.3 Å². The average molecular weight is 368 g/mol. The molecule has 1 aromatic heterocycles. The highest BCUT2D eigenvalue weighted by molar-refractivity contribution is 5.77. The number of anilines is 1. The Labute approximate surface area is 158 Å². The van der Waals surface area contributed by atoms with Crippen molar-refractivity contribution in [2.75, 3.05) is 37.9 Å². The minimum atomic E-state index is 0.0783. The van der Waals surface area contributed by atoms with E-state index < -0.39 is 0 Å². The van der Waals surface area contributed by atoms with Crippen molar-refractivity contribution in [2.24, 2.45) is 0 Å². The fraction of sp³-hybridized carbons (Fsp3) is 0.450. The van der Waals surface area contributed by atoms with E-state index in [0.717, 1.165) is 43.5 Å². The van der Waals surface area contributed by atoms with Crippen LogP contribution in [0.4, 0.5) is 5.82 Å². The van der Waals surface area contributed by atoms with Crippen LogP contribution in [0.25, 0.3) is 0 Å². The van der Waals surface area contributed by atoms with Crippen LogP contribution < -0.4 is 14.4 Å². The number of ether oxygens (including phenoxy) is 2. The van der Waals surface area contributed by atoms with Crippen molar-refractivity contribution in [1.29, 1.82) is 0 Å². The Balaban J connectivity index is 1.39. The molecule has 0 bridgehead atoms. The highest BCUT2D eigenvalue weighted by Gasteiger charge is 2.24. The summed E-state index contributed by atoms with van der Waals surface area (Å²) in [6.07, 6.45) is 2.02. The van der Waals surface area contributed by atoms with Gasteiger partial charge in [-0.15, -0.1) is 0 Å². The SMILES string of the molecule is CC(=O)Cc1nccc(N2CCN(C(C)c3ccc4c(c3)OCO4)CC2)n1. The Hall–Kier alpha value is -2.67. The zero-order valence-electron chi connectivity index (χ0n) is 15.7. The first-order chi connectivity index (χ1) is 13.1. The molecule has 1 fully saturated rings. The molecule has 0 spiro atoms. The number of hydrogen-bond donors (Lipinski definition) is 0. The molecule has 2 aliphatic rings. The summed E-state index contributed by atoms with van der Waals surface area (Å²) in [6.45, 7) is 7.77. The van der Waals surface area contributed by atoms with Crippen LogP contribution in [0.3, 0.4) is 0 Å². The molecule has 142 valence electrons. The predicted molar refractivity (Wildman–Crippen MR) is 101 cm³/mol. The summed E-state index contributed by atoms with van der Waals surface area (Å²) in [5.74, 6) is 3.22. The summed E-state index contributed by atoms with van der Waals surface area (Å²) < 4.78 is 10.9. The molecular formula is C20H24N4O3. The van der Waals surface area contributed by atoms with E-state index in [9.17, 15) is 4.79 Å². The molecule has 7 heteroatoms. The van der Waals surface area contributed by atoms with Crippen LogP contribution in [0.2, 0.25) is 0 Å². The molecule has 0 saturated carbocycles. The van der Waals surface area contributed by atoms with Crippen molar-refractivity contribution in [3.05, 3.63) is 41.9 Å². The zero-order valence-corrected chi connectivity index (χ0v) is 15.7.